The van der Waals surface area contributed by atoms with Crippen molar-refractivity contribution in [1.29, 1.82) is 0 Å². The van der Waals surface area contributed by atoms with Crippen molar-refractivity contribution in [2.24, 2.45) is 0 Å². The maximum absolute atomic E-state index is 6.36. The van der Waals surface area contributed by atoms with Gasteiger partial charge in [-0.05, 0) is 70.9 Å². The third kappa shape index (κ3) is 3.84. The molecule has 0 saturated heterocycles. The summed E-state index contributed by atoms with van der Waals surface area (Å²) in [6.45, 7) is 0. The summed E-state index contributed by atoms with van der Waals surface area (Å²) in [5, 5.41) is 8.81. The molecule has 0 radical (unpaired) electrons. The number of aromatic nitrogens is 2. The largest absolute Gasteiger partial charge is 0.460 e. The maximum atomic E-state index is 6.36. The molecule has 0 aliphatic heterocycles. The van der Waals surface area contributed by atoms with Crippen LogP contribution in [0.4, 0.5) is 0 Å². The maximum Gasteiger partial charge on any atom is 0.134 e. The first-order valence-electron chi connectivity index (χ1n) is 17.0. The third-order valence-electron chi connectivity index (χ3n) is 10.6. The highest BCUT2D eigenvalue weighted by Crippen LogP contribution is 2.43. The van der Waals surface area contributed by atoms with Gasteiger partial charge in [0.25, 0.3) is 0 Å². The molecule has 1 unspecified atom stereocenters. The number of benzene rings is 7. The van der Waals surface area contributed by atoms with Crippen LogP contribution in [0.3, 0.4) is 0 Å². The van der Waals surface area contributed by atoms with Crippen LogP contribution in [0.5, 0.6) is 0 Å². The summed E-state index contributed by atoms with van der Waals surface area (Å²) in [6, 6.07) is 55.2. The van der Waals surface area contributed by atoms with E-state index in [1.54, 1.807) is 0 Å². The minimum atomic E-state index is 0.231. The van der Waals surface area contributed by atoms with E-state index in [4.69, 9.17) is 4.42 Å². The van der Waals surface area contributed by atoms with Crippen molar-refractivity contribution in [3.05, 3.63) is 175 Å². The van der Waals surface area contributed by atoms with Gasteiger partial charge in [0, 0.05) is 56.2 Å². The van der Waals surface area contributed by atoms with E-state index in [1.807, 2.05) is 6.07 Å². The minimum absolute atomic E-state index is 0.231. The van der Waals surface area contributed by atoms with Gasteiger partial charge in [-0.15, -0.1) is 0 Å². The Labute approximate surface area is 282 Å². The molecule has 3 aromatic heterocycles. The lowest BCUT2D eigenvalue weighted by molar-refractivity contribution is 0.532. The fourth-order valence-corrected chi connectivity index (χ4v) is 8.44. The van der Waals surface area contributed by atoms with Crippen LogP contribution in [0.2, 0.25) is 0 Å². The van der Waals surface area contributed by atoms with Crippen LogP contribution in [-0.4, -0.2) is 9.13 Å². The molecule has 49 heavy (non-hydrogen) atoms. The second kappa shape index (κ2) is 10.1. The minimum Gasteiger partial charge on any atom is -0.460 e. The molecule has 0 amide bonds. The Hall–Kier alpha value is -6.32. The monoisotopic (exact) mass is 626 g/mol. The van der Waals surface area contributed by atoms with Crippen molar-refractivity contribution in [1.82, 2.24) is 9.13 Å². The predicted octanol–water partition coefficient (Wildman–Crippen LogP) is 12.1. The van der Waals surface area contributed by atoms with E-state index in [0.717, 1.165) is 23.5 Å². The SMILES string of the molecule is C1=CC(c2cccc(-n3c4cc5c(cc4c4c6ccccc6ccc43)c3ccccc3n5-c3ccccc3)c2)Cc2oc3ccccc3c21. The van der Waals surface area contributed by atoms with E-state index >= 15 is 0 Å². The number of hydrogen-bond donors (Lipinski definition) is 0. The Morgan fingerprint density at radius 2 is 1.22 bits per heavy atom. The first-order chi connectivity index (χ1) is 24.3. The molecule has 1 atom stereocenters. The standard InChI is InChI=1S/C46H30N2O/c1-2-13-32(14-3-1)47-40-19-8-6-17-35(40)38-27-39-43(28-42(38)47)48(41-24-22-29-11-4-5-16-34(29)46(39)41)33-15-10-12-30(25-33)31-21-23-37-36-18-7-9-20-44(36)49-45(37)26-31/h1-25,27-28,31H,26H2. The molecule has 230 valence electrons. The molecular weight excluding hydrogens is 597 g/mol. The van der Waals surface area contributed by atoms with Gasteiger partial charge in [0.15, 0.2) is 0 Å². The highest BCUT2D eigenvalue weighted by atomic mass is 16.3. The van der Waals surface area contributed by atoms with Gasteiger partial charge in [-0.25, -0.2) is 0 Å². The molecule has 0 N–H and O–H groups in total. The van der Waals surface area contributed by atoms with Crippen molar-refractivity contribution in [2.45, 2.75) is 12.3 Å². The fraction of sp³-hybridized carbons (Fsp3) is 0.0435. The zero-order valence-electron chi connectivity index (χ0n) is 26.7. The van der Waals surface area contributed by atoms with Gasteiger partial charge in [0.05, 0.1) is 22.1 Å². The highest BCUT2D eigenvalue weighted by Gasteiger charge is 2.23. The van der Waals surface area contributed by atoms with Gasteiger partial charge in [0.2, 0.25) is 0 Å². The topological polar surface area (TPSA) is 23.0 Å². The van der Waals surface area contributed by atoms with Crippen molar-refractivity contribution in [3.63, 3.8) is 0 Å². The van der Waals surface area contributed by atoms with Crippen LogP contribution < -0.4 is 0 Å². The fourth-order valence-electron chi connectivity index (χ4n) is 8.44. The van der Waals surface area contributed by atoms with Gasteiger partial charge in [-0.3, -0.25) is 0 Å². The summed E-state index contributed by atoms with van der Waals surface area (Å²) in [6.07, 6.45) is 5.46. The van der Waals surface area contributed by atoms with Gasteiger partial charge in [-0.1, -0.05) is 109 Å². The molecule has 3 heteroatoms. The van der Waals surface area contributed by atoms with E-state index in [0.29, 0.717) is 0 Å². The number of hydrogen-bond acceptors (Lipinski definition) is 1. The molecule has 1 aliphatic carbocycles. The summed E-state index contributed by atoms with van der Waals surface area (Å²) >= 11 is 0. The Bertz CT molecular complexity index is 2970. The van der Waals surface area contributed by atoms with Crippen molar-refractivity contribution in [2.75, 3.05) is 0 Å². The van der Waals surface area contributed by atoms with E-state index in [-0.39, 0.29) is 5.92 Å². The number of allylic oxidation sites excluding steroid dienone is 1. The van der Waals surface area contributed by atoms with Gasteiger partial charge >= 0.3 is 0 Å². The summed E-state index contributed by atoms with van der Waals surface area (Å²) in [5.74, 6) is 1.30. The summed E-state index contributed by atoms with van der Waals surface area (Å²) < 4.78 is 11.2. The average Bonchev–Trinajstić information content (AvgIpc) is 3.81. The Kier molecular flexibility index (Phi) is 5.50. The average molecular weight is 627 g/mol. The molecule has 0 spiro atoms. The first kappa shape index (κ1) is 26.7. The number of rotatable bonds is 3. The molecular formula is C46H30N2O. The van der Waals surface area contributed by atoms with Crippen molar-refractivity contribution < 1.29 is 4.42 Å². The molecule has 3 nitrogen and oxygen atoms in total. The Balaban J connectivity index is 1.18. The third-order valence-corrected chi connectivity index (χ3v) is 10.6. The molecule has 1 aliphatic rings. The van der Waals surface area contributed by atoms with E-state index in [9.17, 15) is 0 Å². The number of para-hydroxylation sites is 3. The zero-order chi connectivity index (χ0) is 32.1. The lowest BCUT2D eigenvalue weighted by atomic mass is 9.88. The zero-order valence-corrected chi connectivity index (χ0v) is 26.7. The molecule has 10 aromatic rings. The lowest BCUT2D eigenvalue weighted by Crippen LogP contribution is -2.05. The summed E-state index contributed by atoms with van der Waals surface area (Å²) in [5.41, 5.74) is 10.6. The first-order valence-corrected chi connectivity index (χ1v) is 17.0. The van der Waals surface area contributed by atoms with Gasteiger partial charge in [-0.2, -0.15) is 0 Å². The molecule has 0 saturated carbocycles. The van der Waals surface area contributed by atoms with E-state index in [2.05, 4.69) is 167 Å². The van der Waals surface area contributed by atoms with Crippen molar-refractivity contribution in [3.8, 4) is 11.4 Å². The van der Waals surface area contributed by atoms with Crippen LogP contribution >= 0.6 is 0 Å². The second-order valence-corrected chi connectivity index (χ2v) is 13.3. The van der Waals surface area contributed by atoms with Crippen LogP contribution in [-0.2, 0) is 6.42 Å². The molecule has 0 bridgehead atoms. The summed E-state index contributed by atoms with van der Waals surface area (Å²) in [4.78, 5) is 0. The lowest BCUT2D eigenvalue weighted by Gasteiger charge is -2.18. The van der Waals surface area contributed by atoms with E-state index in [1.165, 1.54) is 76.6 Å². The number of nitrogens with zero attached hydrogens (tertiary/aromatic N) is 2. The molecule has 0 fully saturated rings. The molecule has 11 rings (SSSR count). The smallest absolute Gasteiger partial charge is 0.134 e. The number of fused-ring (bicyclic) bond motifs is 11. The van der Waals surface area contributed by atoms with Crippen LogP contribution in [0.1, 0.15) is 22.8 Å². The predicted molar refractivity (Wildman–Crippen MR) is 204 cm³/mol. The van der Waals surface area contributed by atoms with Crippen LogP contribution in [0.25, 0.3) is 82.8 Å². The summed E-state index contributed by atoms with van der Waals surface area (Å²) in [7, 11) is 0. The highest BCUT2D eigenvalue weighted by molar-refractivity contribution is 6.25. The van der Waals surface area contributed by atoms with Crippen LogP contribution in [0.15, 0.2) is 162 Å². The molecule has 3 heterocycles. The Morgan fingerprint density at radius 3 is 2.14 bits per heavy atom. The second-order valence-electron chi connectivity index (χ2n) is 13.3. The van der Waals surface area contributed by atoms with Crippen molar-refractivity contribution >= 4 is 71.4 Å². The quantitative estimate of drug-likeness (QED) is 0.191. The molecule has 7 aromatic carbocycles. The van der Waals surface area contributed by atoms with Gasteiger partial charge in [0.1, 0.15) is 11.3 Å². The normalized spacial score (nSPS) is 14.6. The van der Waals surface area contributed by atoms with Crippen LogP contribution in [0, 0.1) is 0 Å². The Morgan fingerprint density at radius 1 is 0.490 bits per heavy atom. The number of furan rings is 1. The van der Waals surface area contributed by atoms with E-state index < -0.39 is 0 Å². The van der Waals surface area contributed by atoms with Gasteiger partial charge < -0.3 is 13.6 Å².